The van der Waals surface area contributed by atoms with Crippen LogP contribution in [-0.2, 0) is 18.9 Å². The predicted octanol–water partition coefficient (Wildman–Crippen LogP) is 2.94. The Kier molecular flexibility index (Phi) is 5.37. The van der Waals surface area contributed by atoms with Crippen molar-refractivity contribution in [2.75, 3.05) is 31.4 Å². The molecule has 0 atom stereocenters. The van der Waals surface area contributed by atoms with E-state index in [-0.39, 0.29) is 17.2 Å². The number of aryl methyl sites for hydroxylation is 1. The second kappa shape index (κ2) is 8.36. The number of thioether (sulfide) groups is 1. The van der Waals surface area contributed by atoms with Crippen molar-refractivity contribution in [2.45, 2.75) is 5.16 Å². The molecule has 0 saturated carbocycles. The number of carbonyl (C=O) groups excluding carboxylic acids is 1. The molecule has 1 aliphatic heterocycles. The molecule has 10 heteroatoms. The molecule has 4 aromatic rings. The third-order valence-electron chi connectivity index (χ3n) is 5.54. The molecule has 0 saturated heterocycles. The molecule has 0 aliphatic carbocycles. The highest BCUT2D eigenvalue weighted by molar-refractivity contribution is 7.99. The minimum absolute atomic E-state index is 0.0916. The van der Waals surface area contributed by atoms with Gasteiger partial charge in [0.2, 0.25) is 5.91 Å². The van der Waals surface area contributed by atoms with Crippen molar-refractivity contribution in [1.29, 1.82) is 0 Å². The van der Waals surface area contributed by atoms with Gasteiger partial charge in [-0.15, -0.1) is 0 Å². The van der Waals surface area contributed by atoms with E-state index in [0.717, 1.165) is 10.9 Å². The lowest BCUT2D eigenvalue weighted by Gasteiger charge is -2.19. The molecule has 33 heavy (non-hydrogen) atoms. The summed E-state index contributed by atoms with van der Waals surface area (Å²) in [6.45, 7) is 0.983. The first kappa shape index (κ1) is 21.2. The van der Waals surface area contributed by atoms with Gasteiger partial charge in [-0.25, -0.2) is 4.98 Å². The molecule has 170 valence electrons. The van der Waals surface area contributed by atoms with Crippen LogP contribution in [0.2, 0.25) is 0 Å². The third-order valence-corrected chi connectivity index (χ3v) is 6.57. The smallest absolute Gasteiger partial charge is 0.278 e. The number of rotatable bonds is 5. The number of hydrogen-bond donors (Lipinski definition) is 1. The molecule has 1 N–H and O–H groups in total. The van der Waals surface area contributed by atoms with Gasteiger partial charge in [0.15, 0.2) is 16.7 Å². The topological polar surface area (TPSA) is 96.6 Å². The Morgan fingerprint density at radius 3 is 2.70 bits per heavy atom. The van der Waals surface area contributed by atoms with Crippen LogP contribution in [-0.4, -0.2) is 46.1 Å². The predicted molar refractivity (Wildman–Crippen MR) is 127 cm³/mol. The van der Waals surface area contributed by atoms with Gasteiger partial charge < -0.3 is 24.1 Å². The Bertz CT molecular complexity index is 1460. The van der Waals surface area contributed by atoms with Crippen LogP contribution in [0.15, 0.2) is 46.3 Å². The molecule has 2 aromatic heterocycles. The number of hydrogen-bond acceptors (Lipinski definition) is 7. The van der Waals surface area contributed by atoms with Gasteiger partial charge in [-0.1, -0.05) is 11.8 Å². The Hall–Kier alpha value is -3.66. The number of nitrogens with one attached hydrogen (secondary N) is 1. The summed E-state index contributed by atoms with van der Waals surface area (Å²) in [6.07, 6.45) is 0. The third kappa shape index (κ3) is 3.76. The molecule has 1 aliphatic rings. The van der Waals surface area contributed by atoms with E-state index in [1.165, 1.54) is 16.3 Å². The first-order valence-corrected chi connectivity index (χ1v) is 11.3. The van der Waals surface area contributed by atoms with Crippen LogP contribution in [0.4, 0.5) is 5.69 Å². The minimum atomic E-state index is -0.217. The number of aromatic nitrogens is 3. The fraction of sp³-hybridized carbons (Fsp3) is 0.261. The summed E-state index contributed by atoms with van der Waals surface area (Å²) in [4.78, 5) is 30.4. The number of fused-ring (bicyclic) bond motifs is 4. The average Bonchev–Trinajstić information content (AvgIpc) is 3.11. The number of nitrogens with zero attached hydrogens (tertiary/aromatic N) is 3. The van der Waals surface area contributed by atoms with E-state index in [2.05, 4.69) is 5.32 Å². The summed E-state index contributed by atoms with van der Waals surface area (Å²) in [5, 5.41) is 4.14. The van der Waals surface area contributed by atoms with Gasteiger partial charge in [0.05, 0.1) is 18.4 Å². The molecular formula is C23H22N4O5S. The lowest BCUT2D eigenvalue weighted by atomic mass is 10.2. The summed E-state index contributed by atoms with van der Waals surface area (Å²) < 4.78 is 19.7. The van der Waals surface area contributed by atoms with Gasteiger partial charge in [-0.3, -0.25) is 14.2 Å². The van der Waals surface area contributed by atoms with Gasteiger partial charge in [0, 0.05) is 31.2 Å². The summed E-state index contributed by atoms with van der Waals surface area (Å²) in [5.74, 6) is 1.82. The lowest BCUT2D eigenvalue weighted by molar-refractivity contribution is -0.113. The van der Waals surface area contributed by atoms with Crippen LogP contribution in [0.5, 0.6) is 17.2 Å². The number of carbonyl (C=O) groups is 1. The molecule has 0 fully saturated rings. The second-order valence-electron chi connectivity index (χ2n) is 7.59. The van der Waals surface area contributed by atoms with E-state index in [9.17, 15) is 9.59 Å². The Morgan fingerprint density at radius 1 is 1.12 bits per heavy atom. The number of methoxy groups -OCH3 is 1. The summed E-state index contributed by atoms with van der Waals surface area (Å²) in [5.41, 5.74) is 2.42. The van der Waals surface area contributed by atoms with Gasteiger partial charge in [-0.2, -0.15) is 0 Å². The maximum atomic E-state index is 13.1. The lowest BCUT2D eigenvalue weighted by Crippen LogP contribution is -2.22. The van der Waals surface area contributed by atoms with E-state index < -0.39 is 0 Å². The van der Waals surface area contributed by atoms with Crippen molar-refractivity contribution in [3.05, 3.63) is 46.8 Å². The van der Waals surface area contributed by atoms with E-state index in [0.29, 0.717) is 52.3 Å². The van der Waals surface area contributed by atoms with Crippen molar-refractivity contribution in [1.82, 2.24) is 14.1 Å². The quantitative estimate of drug-likeness (QED) is 0.357. The van der Waals surface area contributed by atoms with Crippen LogP contribution in [0.1, 0.15) is 0 Å². The van der Waals surface area contributed by atoms with Crippen molar-refractivity contribution in [3.63, 3.8) is 0 Å². The van der Waals surface area contributed by atoms with Crippen molar-refractivity contribution in [3.8, 4) is 17.2 Å². The maximum Gasteiger partial charge on any atom is 0.278 e. The zero-order valence-electron chi connectivity index (χ0n) is 18.4. The maximum absolute atomic E-state index is 13.1. The molecule has 0 unspecified atom stereocenters. The van der Waals surface area contributed by atoms with Gasteiger partial charge in [0.1, 0.15) is 30.0 Å². The first-order valence-electron chi connectivity index (χ1n) is 10.3. The molecule has 0 radical (unpaired) electrons. The number of amides is 1. The van der Waals surface area contributed by atoms with E-state index in [1.807, 2.05) is 29.8 Å². The monoisotopic (exact) mass is 466 g/mol. The second-order valence-corrected chi connectivity index (χ2v) is 8.54. The first-order chi connectivity index (χ1) is 16.0. The van der Waals surface area contributed by atoms with Gasteiger partial charge >= 0.3 is 0 Å². The Labute approximate surface area is 193 Å². The highest BCUT2D eigenvalue weighted by atomic mass is 32.2. The molecule has 2 aromatic carbocycles. The van der Waals surface area contributed by atoms with Crippen LogP contribution < -0.4 is 25.1 Å². The van der Waals surface area contributed by atoms with Crippen LogP contribution in [0.3, 0.4) is 0 Å². The normalized spacial score (nSPS) is 12.8. The molecule has 9 nitrogen and oxygen atoms in total. The Morgan fingerprint density at radius 2 is 1.91 bits per heavy atom. The molecular weight excluding hydrogens is 444 g/mol. The molecule has 5 rings (SSSR count). The SMILES string of the molecule is COc1ccc2c(c1)c1nc(SCC(=O)Nc3ccc4c(c3)OCCO4)n(C)c(=O)c1n2C. The standard InChI is InChI=1S/C23H22N4O5S/c1-26-16-6-5-14(30-3)11-15(16)20-21(26)22(29)27(2)23(25-20)33-12-19(28)24-13-4-7-17-18(10-13)32-9-8-31-17/h4-7,10-11H,8-9,12H2,1-3H3,(H,24,28). The van der Waals surface area contributed by atoms with Crippen molar-refractivity contribution < 1.29 is 19.0 Å². The Balaban J connectivity index is 1.40. The summed E-state index contributed by atoms with van der Waals surface area (Å²) in [7, 11) is 5.10. The number of ether oxygens (including phenoxy) is 3. The fourth-order valence-corrected chi connectivity index (χ4v) is 4.65. The molecule has 1 amide bonds. The molecule has 0 spiro atoms. The zero-order chi connectivity index (χ0) is 23.1. The van der Waals surface area contributed by atoms with Crippen LogP contribution in [0, 0.1) is 0 Å². The van der Waals surface area contributed by atoms with Crippen molar-refractivity contribution >= 4 is 45.3 Å². The highest BCUT2D eigenvalue weighted by Crippen LogP contribution is 2.33. The highest BCUT2D eigenvalue weighted by Gasteiger charge is 2.18. The zero-order valence-corrected chi connectivity index (χ0v) is 19.2. The van der Waals surface area contributed by atoms with E-state index >= 15 is 0 Å². The summed E-state index contributed by atoms with van der Waals surface area (Å²) in [6, 6.07) is 10.9. The largest absolute Gasteiger partial charge is 0.497 e. The van der Waals surface area contributed by atoms with Crippen LogP contribution in [0.25, 0.3) is 21.9 Å². The molecule has 0 bridgehead atoms. The van der Waals surface area contributed by atoms with E-state index in [1.54, 1.807) is 32.4 Å². The summed E-state index contributed by atoms with van der Waals surface area (Å²) >= 11 is 1.20. The van der Waals surface area contributed by atoms with Crippen LogP contribution >= 0.6 is 11.8 Å². The van der Waals surface area contributed by atoms with E-state index in [4.69, 9.17) is 19.2 Å². The average molecular weight is 467 g/mol. The van der Waals surface area contributed by atoms with Gasteiger partial charge in [0.25, 0.3) is 5.56 Å². The number of anilines is 1. The van der Waals surface area contributed by atoms with Gasteiger partial charge in [-0.05, 0) is 30.3 Å². The minimum Gasteiger partial charge on any atom is -0.497 e. The molecule has 3 heterocycles. The fourth-order valence-electron chi connectivity index (χ4n) is 3.88. The van der Waals surface area contributed by atoms with Crippen molar-refractivity contribution in [2.24, 2.45) is 14.1 Å². The number of benzene rings is 2.